The number of aromatic hydroxyl groups is 1. The molecule has 0 saturated carbocycles. The first-order valence-corrected chi connectivity index (χ1v) is 19.2. The van der Waals surface area contributed by atoms with Crippen molar-refractivity contribution in [2.45, 2.75) is 35.5 Å². The molecule has 0 radical (unpaired) electrons. The SMILES string of the molecule is C=C/C=C(C)\C=C/CS(=O)(=O)O.CC.CN=Nc1c(S(=O)(=O)O)cc2cc(S(=O)(=O)O)c(N=Nc3ccccc3S(=O)(=O)O)c(N)c2c1O. The molecule has 0 aliphatic rings. The second-order valence-corrected chi connectivity index (χ2v) is 14.7. The number of nitrogens with two attached hydrogens (primary N) is 1. The third kappa shape index (κ3) is 12.2. The summed E-state index contributed by atoms with van der Waals surface area (Å²) in [5, 5.41) is 23.9. The molecule has 0 heterocycles. The fraction of sp³-hybridized carbons (Fsp3) is 0.185. The Bertz CT molecular complexity index is 2280. The molecule has 0 aliphatic carbocycles. The van der Waals surface area contributed by atoms with Crippen molar-refractivity contribution in [3.8, 4) is 5.75 Å². The van der Waals surface area contributed by atoms with E-state index >= 15 is 0 Å². The number of benzene rings is 3. The summed E-state index contributed by atoms with van der Waals surface area (Å²) in [4.78, 5) is -2.62. The van der Waals surface area contributed by atoms with E-state index < -0.39 is 89.0 Å². The molecule has 0 saturated heterocycles. The Morgan fingerprint density at radius 3 is 1.80 bits per heavy atom. The Morgan fingerprint density at radius 1 is 0.816 bits per heavy atom. The van der Waals surface area contributed by atoms with Gasteiger partial charge in [0, 0.05) is 7.05 Å². The zero-order chi connectivity index (χ0) is 38.0. The Morgan fingerprint density at radius 2 is 1.33 bits per heavy atom. The summed E-state index contributed by atoms with van der Waals surface area (Å²) in [6.07, 6.45) is 6.33. The van der Waals surface area contributed by atoms with Crippen molar-refractivity contribution in [1.29, 1.82) is 0 Å². The maximum atomic E-state index is 12.0. The first kappa shape index (κ1) is 42.6. The molecule has 3 aromatic carbocycles. The van der Waals surface area contributed by atoms with Gasteiger partial charge >= 0.3 is 0 Å². The van der Waals surface area contributed by atoms with Gasteiger partial charge in [-0.2, -0.15) is 43.9 Å². The first-order valence-electron chi connectivity index (χ1n) is 13.3. The molecular formula is C27H33N5O13S4. The number of phenolic OH excluding ortho intramolecular Hbond substituents is 1. The standard InChI is InChI=1S/C17H15N5O10S3.C8H12O3S.C2H6/c1-19-21-16-12(35(30,31)32)7-8-6-11(34(27,28)29)15(14(18)13(8)17(16)23)22-20-9-4-2-3-5-10(9)33(24,25)26;1-3-5-8(2)6-4-7-12(9,10)11;1-2/h2-7,23H,18H2,1H3,(H,24,25,26)(H,27,28,29)(H,30,31,32);3-6H,1,7H2,2H3,(H,9,10,11);1-2H3/b;6-4-,8-5-;. The summed E-state index contributed by atoms with van der Waals surface area (Å²) < 4.78 is 128. The number of allylic oxidation sites excluding steroid dienone is 4. The molecule has 22 heteroatoms. The topological polar surface area (TPSA) is 313 Å². The van der Waals surface area contributed by atoms with Crippen molar-refractivity contribution in [3.05, 3.63) is 72.9 Å². The van der Waals surface area contributed by atoms with Gasteiger partial charge in [-0.15, -0.1) is 10.2 Å². The maximum Gasteiger partial charge on any atom is 0.296 e. The molecule has 18 nitrogen and oxygen atoms in total. The summed E-state index contributed by atoms with van der Waals surface area (Å²) in [5.41, 5.74) is 4.31. The number of nitrogen functional groups attached to an aromatic ring is 1. The van der Waals surface area contributed by atoms with Crippen molar-refractivity contribution in [3.63, 3.8) is 0 Å². The van der Waals surface area contributed by atoms with Gasteiger partial charge in [0.1, 0.15) is 31.7 Å². The summed E-state index contributed by atoms with van der Waals surface area (Å²) >= 11 is 0. The highest BCUT2D eigenvalue weighted by atomic mass is 32.2. The lowest BCUT2D eigenvalue weighted by Crippen LogP contribution is -2.04. The third-order valence-electron chi connectivity index (χ3n) is 5.54. The number of rotatable bonds is 10. The van der Waals surface area contributed by atoms with Crippen molar-refractivity contribution >= 4 is 74.0 Å². The number of fused-ring (bicyclic) bond motifs is 1. The van der Waals surface area contributed by atoms with Gasteiger partial charge in [-0.1, -0.05) is 62.4 Å². The van der Waals surface area contributed by atoms with Crippen LogP contribution in [0.5, 0.6) is 5.75 Å². The zero-order valence-corrected chi connectivity index (χ0v) is 29.5. The molecule has 0 unspecified atom stereocenters. The Balaban J connectivity index is 0.000000726. The van der Waals surface area contributed by atoms with Crippen molar-refractivity contribution < 1.29 is 57.0 Å². The number of azo groups is 2. The number of hydrogen-bond acceptors (Lipinski definition) is 14. The van der Waals surface area contributed by atoms with E-state index in [1.807, 2.05) is 20.8 Å². The molecule has 0 aromatic heterocycles. The quantitative estimate of drug-likeness (QED) is 0.0635. The highest BCUT2D eigenvalue weighted by Gasteiger charge is 2.28. The molecule has 0 bridgehead atoms. The largest absolute Gasteiger partial charge is 0.505 e. The van der Waals surface area contributed by atoms with Gasteiger partial charge in [0.05, 0.1) is 16.8 Å². The van der Waals surface area contributed by atoms with Crippen LogP contribution in [0.15, 0.2) is 108 Å². The minimum absolute atomic E-state index is 0.352. The van der Waals surface area contributed by atoms with Crippen LogP contribution in [-0.2, 0) is 40.5 Å². The van der Waals surface area contributed by atoms with Gasteiger partial charge in [-0.25, -0.2) is 0 Å². The smallest absolute Gasteiger partial charge is 0.296 e. The van der Waals surface area contributed by atoms with Crippen LogP contribution in [-0.4, -0.2) is 69.8 Å². The number of hydrogen-bond donors (Lipinski definition) is 6. The fourth-order valence-electron chi connectivity index (χ4n) is 3.66. The highest BCUT2D eigenvalue weighted by molar-refractivity contribution is 7.86. The molecule has 7 N–H and O–H groups in total. The molecule has 268 valence electrons. The van der Waals surface area contributed by atoms with E-state index in [1.54, 1.807) is 18.2 Å². The lowest BCUT2D eigenvalue weighted by molar-refractivity contribution is 0.472. The van der Waals surface area contributed by atoms with E-state index in [1.165, 1.54) is 18.2 Å². The predicted molar refractivity (Wildman–Crippen MR) is 181 cm³/mol. The monoisotopic (exact) mass is 763 g/mol. The van der Waals surface area contributed by atoms with Gasteiger partial charge < -0.3 is 10.8 Å². The van der Waals surface area contributed by atoms with Crippen LogP contribution in [0.3, 0.4) is 0 Å². The van der Waals surface area contributed by atoms with E-state index in [2.05, 4.69) is 27.0 Å². The molecule has 0 atom stereocenters. The maximum absolute atomic E-state index is 12.0. The van der Waals surface area contributed by atoms with Gasteiger partial charge in [-0.3, -0.25) is 18.2 Å². The fourth-order valence-corrected chi connectivity index (χ4v) is 5.95. The van der Waals surface area contributed by atoms with Crippen LogP contribution in [0.1, 0.15) is 20.8 Å². The molecule has 3 aromatic rings. The molecule has 0 fully saturated rings. The molecule has 49 heavy (non-hydrogen) atoms. The van der Waals surface area contributed by atoms with E-state index in [0.717, 1.165) is 30.8 Å². The minimum Gasteiger partial charge on any atom is -0.505 e. The van der Waals surface area contributed by atoms with Crippen molar-refractivity contribution in [2.24, 2.45) is 20.5 Å². The van der Waals surface area contributed by atoms with Crippen LogP contribution >= 0.6 is 0 Å². The highest BCUT2D eigenvalue weighted by Crippen LogP contribution is 2.48. The molecule has 0 aliphatic heterocycles. The summed E-state index contributed by atoms with van der Waals surface area (Å²) in [6, 6.07) is 6.12. The summed E-state index contributed by atoms with van der Waals surface area (Å²) in [5.74, 6) is -1.29. The van der Waals surface area contributed by atoms with Crippen LogP contribution in [0.4, 0.5) is 22.7 Å². The number of anilines is 1. The van der Waals surface area contributed by atoms with E-state index in [-0.39, 0.29) is 11.1 Å². The first-order chi connectivity index (χ1) is 22.5. The summed E-state index contributed by atoms with van der Waals surface area (Å²) in [6.45, 7) is 9.29. The van der Waals surface area contributed by atoms with E-state index in [0.29, 0.717) is 6.07 Å². The van der Waals surface area contributed by atoms with E-state index in [9.17, 15) is 52.4 Å². The van der Waals surface area contributed by atoms with Crippen LogP contribution < -0.4 is 5.73 Å². The molecule has 3 rings (SSSR count). The van der Waals surface area contributed by atoms with Gasteiger partial charge in [0.15, 0.2) is 5.75 Å². The lowest BCUT2D eigenvalue weighted by Gasteiger charge is -2.14. The van der Waals surface area contributed by atoms with Gasteiger partial charge in [-0.05, 0) is 36.6 Å². The lowest BCUT2D eigenvalue weighted by atomic mass is 10.1. The van der Waals surface area contributed by atoms with Gasteiger partial charge in [0.25, 0.3) is 40.5 Å². The number of phenols is 1. The van der Waals surface area contributed by atoms with Crippen molar-refractivity contribution in [2.75, 3.05) is 18.5 Å². The number of nitrogens with zero attached hydrogens (tertiary/aromatic N) is 4. The second kappa shape index (κ2) is 17.3. The molecule has 0 amide bonds. The molecule has 0 spiro atoms. The zero-order valence-electron chi connectivity index (χ0n) is 26.2. The second-order valence-electron chi connectivity index (χ2n) is 9.00. The average Bonchev–Trinajstić information content (AvgIpc) is 2.97. The Labute approximate surface area is 283 Å². The Kier molecular flexibility index (Phi) is 15.0. The van der Waals surface area contributed by atoms with Crippen LogP contribution in [0.2, 0.25) is 0 Å². The van der Waals surface area contributed by atoms with Crippen LogP contribution in [0.25, 0.3) is 10.8 Å². The molecular weight excluding hydrogens is 731 g/mol. The normalized spacial score (nSPS) is 12.9. The summed E-state index contributed by atoms with van der Waals surface area (Å²) in [7, 11) is -17.6. The van der Waals surface area contributed by atoms with Gasteiger partial charge in [0.2, 0.25) is 0 Å². The van der Waals surface area contributed by atoms with E-state index in [4.69, 9.17) is 10.3 Å². The van der Waals surface area contributed by atoms with Crippen molar-refractivity contribution in [1.82, 2.24) is 0 Å². The third-order valence-corrected chi connectivity index (χ3v) is 8.79. The average molecular weight is 764 g/mol. The Hall–Kier alpha value is -4.42. The minimum atomic E-state index is -5.11. The predicted octanol–water partition coefficient (Wildman–Crippen LogP) is 5.59. The van der Waals surface area contributed by atoms with Crippen LogP contribution in [0, 0.1) is 0 Å².